The van der Waals surface area contributed by atoms with E-state index in [1.807, 2.05) is 19.9 Å². The standard InChI is InChI=1S/C12H16N2O/c1-7-4-8(2)12-10(5-7)14-11(15-12)6-9(3)13/h4-5,9H,6,13H2,1-3H3. The molecule has 2 aromatic rings. The Bertz CT molecular complexity index is 486. The van der Waals surface area contributed by atoms with Gasteiger partial charge >= 0.3 is 0 Å². The number of fused-ring (bicyclic) bond motifs is 1. The van der Waals surface area contributed by atoms with Crippen molar-refractivity contribution in [3.8, 4) is 0 Å². The SMILES string of the molecule is Cc1cc(C)c2oc(CC(C)N)nc2c1. The Labute approximate surface area is 89.3 Å². The van der Waals surface area contributed by atoms with Crippen molar-refractivity contribution in [1.29, 1.82) is 0 Å². The maximum Gasteiger partial charge on any atom is 0.197 e. The quantitative estimate of drug-likeness (QED) is 0.816. The van der Waals surface area contributed by atoms with Crippen LogP contribution in [0.4, 0.5) is 0 Å². The molecule has 0 saturated carbocycles. The van der Waals surface area contributed by atoms with Gasteiger partial charge < -0.3 is 10.2 Å². The predicted octanol–water partition coefficient (Wildman–Crippen LogP) is 2.33. The van der Waals surface area contributed by atoms with Crippen LogP contribution in [0.15, 0.2) is 16.5 Å². The van der Waals surface area contributed by atoms with Crippen molar-refractivity contribution in [2.24, 2.45) is 5.73 Å². The largest absolute Gasteiger partial charge is 0.440 e. The molecule has 0 bridgehead atoms. The first kappa shape index (κ1) is 10.2. The van der Waals surface area contributed by atoms with E-state index in [9.17, 15) is 0 Å². The molecule has 1 unspecified atom stereocenters. The van der Waals surface area contributed by atoms with Crippen molar-refractivity contribution in [2.75, 3.05) is 0 Å². The first-order valence-electron chi connectivity index (χ1n) is 5.18. The number of aryl methyl sites for hydroxylation is 2. The minimum Gasteiger partial charge on any atom is -0.440 e. The Morgan fingerprint density at radius 3 is 2.80 bits per heavy atom. The Balaban J connectivity index is 2.50. The van der Waals surface area contributed by atoms with Gasteiger partial charge in [0, 0.05) is 12.5 Å². The number of nitrogens with two attached hydrogens (primary N) is 1. The third-order valence-electron chi connectivity index (χ3n) is 2.36. The van der Waals surface area contributed by atoms with Crippen molar-refractivity contribution in [2.45, 2.75) is 33.2 Å². The molecule has 0 aliphatic carbocycles. The molecule has 1 atom stereocenters. The van der Waals surface area contributed by atoms with Crippen LogP contribution in [-0.2, 0) is 6.42 Å². The molecule has 0 saturated heterocycles. The summed E-state index contributed by atoms with van der Waals surface area (Å²) in [6, 6.07) is 4.22. The summed E-state index contributed by atoms with van der Waals surface area (Å²) in [5.74, 6) is 0.730. The minimum atomic E-state index is 0.0828. The smallest absolute Gasteiger partial charge is 0.197 e. The minimum absolute atomic E-state index is 0.0828. The fourth-order valence-electron chi connectivity index (χ4n) is 1.79. The monoisotopic (exact) mass is 204 g/mol. The summed E-state index contributed by atoms with van der Waals surface area (Å²) in [4.78, 5) is 4.43. The molecule has 0 amide bonds. The average molecular weight is 204 g/mol. The summed E-state index contributed by atoms with van der Waals surface area (Å²) in [5, 5.41) is 0. The fourth-order valence-corrected chi connectivity index (χ4v) is 1.79. The molecular weight excluding hydrogens is 188 g/mol. The summed E-state index contributed by atoms with van der Waals surface area (Å²) in [6.07, 6.45) is 0.688. The van der Waals surface area contributed by atoms with Gasteiger partial charge in [0.2, 0.25) is 0 Å². The van der Waals surface area contributed by atoms with E-state index < -0.39 is 0 Å². The number of hydrogen-bond acceptors (Lipinski definition) is 3. The topological polar surface area (TPSA) is 52.0 Å². The van der Waals surface area contributed by atoms with Gasteiger partial charge in [-0.15, -0.1) is 0 Å². The molecule has 1 aromatic heterocycles. The molecular formula is C12H16N2O. The van der Waals surface area contributed by atoms with E-state index in [1.54, 1.807) is 0 Å². The Morgan fingerprint density at radius 2 is 2.13 bits per heavy atom. The van der Waals surface area contributed by atoms with Gasteiger partial charge in [-0.2, -0.15) is 0 Å². The van der Waals surface area contributed by atoms with Gasteiger partial charge in [0.25, 0.3) is 0 Å². The molecule has 0 fully saturated rings. The molecule has 0 aliphatic rings. The van der Waals surface area contributed by atoms with Crippen molar-refractivity contribution in [3.63, 3.8) is 0 Å². The molecule has 80 valence electrons. The maximum absolute atomic E-state index is 5.71. The Morgan fingerprint density at radius 1 is 1.40 bits per heavy atom. The van der Waals surface area contributed by atoms with Crippen LogP contribution >= 0.6 is 0 Å². The third kappa shape index (κ3) is 2.02. The van der Waals surface area contributed by atoms with Crippen LogP contribution < -0.4 is 5.73 Å². The number of nitrogens with zero attached hydrogens (tertiary/aromatic N) is 1. The summed E-state index contributed by atoms with van der Waals surface area (Å²) in [6.45, 7) is 6.05. The fraction of sp³-hybridized carbons (Fsp3) is 0.417. The molecule has 3 heteroatoms. The number of aromatic nitrogens is 1. The first-order chi connectivity index (χ1) is 7.06. The van der Waals surface area contributed by atoms with Crippen LogP contribution in [0.2, 0.25) is 0 Å². The highest BCUT2D eigenvalue weighted by Crippen LogP contribution is 2.21. The molecule has 0 radical (unpaired) electrons. The van der Waals surface area contributed by atoms with Gasteiger partial charge in [-0.1, -0.05) is 6.07 Å². The normalized spacial score (nSPS) is 13.3. The zero-order valence-corrected chi connectivity index (χ0v) is 9.37. The van der Waals surface area contributed by atoms with Gasteiger partial charge in [0.15, 0.2) is 11.5 Å². The lowest BCUT2D eigenvalue weighted by molar-refractivity contribution is 0.505. The van der Waals surface area contributed by atoms with E-state index in [0.717, 1.165) is 22.6 Å². The van der Waals surface area contributed by atoms with Gasteiger partial charge in [-0.3, -0.25) is 0 Å². The highest BCUT2D eigenvalue weighted by Gasteiger charge is 2.09. The van der Waals surface area contributed by atoms with E-state index >= 15 is 0 Å². The van der Waals surface area contributed by atoms with E-state index in [1.165, 1.54) is 5.56 Å². The molecule has 1 heterocycles. The molecule has 2 rings (SSSR count). The summed E-state index contributed by atoms with van der Waals surface area (Å²) in [7, 11) is 0. The predicted molar refractivity (Wildman–Crippen MR) is 60.8 cm³/mol. The highest BCUT2D eigenvalue weighted by molar-refractivity contribution is 5.77. The van der Waals surface area contributed by atoms with E-state index in [0.29, 0.717) is 6.42 Å². The van der Waals surface area contributed by atoms with Crippen LogP contribution in [0.25, 0.3) is 11.1 Å². The number of benzene rings is 1. The summed E-state index contributed by atoms with van der Waals surface area (Å²) >= 11 is 0. The van der Waals surface area contributed by atoms with Gasteiger partial charge in [-0.25, -0.2) is 4.98 Å². The number of oxazole rings is 1. The van der Waals surface area contributed by atoms with Crippen LogP contribution in [0.5, 0.6) is 0 Å². The van der Waals surface area contributed by atoms with Crippen LogP contribution in [-0.4, -0.2) is 11.0 Å². The molecule has 0 aliphatic heterocycles. The first-order valence-corrected chi connectivity index (χ1v) is 5.18. The van der Waals surface area contributed by atoms with Crippen LogP contribution in [0, 0.1) is 13.8 Å². The lowest BCUT2D eigenvalue weighted by atomic mass is 10.1. The Hall–Kier alpha value is -1.35. The highest BCUT2D eigenvalue weighted by atomic mass is 16.3. The molecule has 0 spiro atoms. The van der Waals surface area contributed by atoms with E-state index in [4.69, 9.17) is 10.2 Å². The van der Waals surface area contributed by atoms with Crippen LogP contribution in [0.1, 0.15) is 23.9 Å². The Kier molecular flexibility index (Phi) is 2.49. The van der Waals surface area contributed by atoms with Gasteiger partial charge in [0.1, 0.15) is 5.52 Å². The summed E-state index contributed by atoms with van der Waals surface area (Å²) in [5.41, 5.74) is 9.87. The third-order valence-corrected chi connectivity index (χ3v) is 2.36. The molecule has 2 N–H and O–H groups in total. The average Bonchev–Trinajstić information content (AvgIpc) is 2.45. The lowest BCUT2D eigenvalue weighted by Crippen LogP contribution is -2.17. The number of hydrogen-bond donors (Lipinski definition) is 1. The zero-order valence-electron chi connectivity index (χ0n) is 9.37. The van der Waals surface area contributed by atoms with E-state index in [-0.39, 0.29) is 6.04 Å². The van der Waals surface area contributed by atoms with Crippen molar-refractivity contribution >= 4 is 11.1 Å². The number of rotatable bonds is 2. The van der Waals surface area contributed by atoms with Crippen molar-refractivity contribution in [3.05, 3.63) is 29.2 Å². The second kappa shape index (κ2) is 3.66. The molecule has 3 nitrogen and oxygen atoms in total. The second-order valence-electron chi connectivity index (χ2n) is 4.22. The lowest BCUT2D eigenvalue weighted by Gasteiger charge is -1.98. The maximum atomic E-state index is 5.71. The second-order valence-corrected chi connectivity index (χ2v) is 4.22. The summed E-state index contributed by atoms with van der Waals surface area (Å²) < 4.78 is 5.67. The van der Waals surface area contributed by atoms with Crippen molar-refractivity contribution in [1.82, 2.24) is 4.98 Å². The van der Waals surface area contributed by atoms with Gasteiger partial charge in [0.05, 0.1) is 0 Å². The van der Waals surface area contributed by atoms with Gasteiger partial charge in [-0.05, 0) is 38.0 Å². The van der Waals surface area contributed by atoms with E-state index in [2.05, 4.69) is 18.0 Å². The van der Waals surface area contributed by atoms with Crippen molar-refractivity contribution < 1.29 is 4.42 Å². The van der Waals surface area contributed by atoms with Crippen LogP contribution in [0.3, 0.4) is 0 Å². The zero-order chi connectivity index (χ0) is 11.0. The molecule has 15 heavy (non-hydrogen) atoms. The molecule has 1 aromatic carbocycles.